The fourth-order valence-corrected chi connectivity index (χ4v) is 6.25. The molecule has 16 heteroatoms. The SMILES string of the molecule is CC(C)(C)c1cnc2c(n1)-c1nc-2nc2[nH]c(nc3nc(nc4[nH]c(n1)c1ncc(C(C)(C)C)nc41)-c1ncc(C(C)(C)C)nc1-3)c1ncc(C(C)(C)C)nc21. The molecule has 7 aromatic heterocycles. The summed E-state index contributed by atoms with van der Waals surface area (Å²) in [5.74, 6) is 1.22. The van der Waals surface area contributed by atoms with E-state index in [-0.39, 0.29) is 21.7 Å². The molecule has 9 rings (SSSR count). The van der Waals surface area contributed by atoms with Gasteiger partial charge in [0, 0.05) is 46.4 Å². The van der Waals surface area contributed by atoms with Gasteiger partial charge in [-0.2, -0.15) is 0 Å². The summed E-state index contributed by atoms with van der Waals surface area (Å²) in [5, 5.41) is 0. The van der Waals surface area contributed by atoms with Crippen molar-refractivity contribution in [3.05, 3.63) is 47.6 Å². The molecule has 2 N–H and O–H groups in total. The van der Waals surface area contributed by atoms with E-state index >= 15 is 0 Å². The minimum atomic E-state index is -0.294. The first-order valence-corrected chi connectivity index (χ1v) is 18.6. The highest BCUT2D eigenvalue weighted by molar-refractivity contribution is 6.01. The topological polar surface area (TPSA) is 212 Å². The van der Waals surface area contributed by atoms with Crippen molar-refractivity contribution in [2.75, 3.05) is 0 Å². The maximum absolute atomic E-state index is 5.06. The average Bonchev–Trinajstić information content (AvgIpc) is 3.84. The zero-order valence-electron chi connectivity index (χ0n) is 33.6. The molecule has 9 heterocycles. The highest BCUT2D eigenvalue weighted by atomic mass is 15.1. The van der Waals surface area contributed by atoms with Crippen LogP contribution in [0.5, 0.6) is 0 Å². The fourth-order valence-electron chi connectivity index (χ4n) is 6.25. The van der Waals surface area contributed by atoms with E-state index in [0.717, 1.165) is 22.8 Å². The zero-order valence-corrected chi connectivity index (χ0v) is 33.6. The maximum atomic E-state index is 5.06. The standard InChI is InChI=1S/C40H42N16/c1-37(2,3)17-13-41-21-25(45-17)33-49-29(21)54-34-27-23(43-15-19(47-27)39(7,8)9)31(51-34)56-36-28-24(44-16-20(48-28)40(10,11)12)32(52-36)55-35-26-22(30(50-35)53-33)42-14-18(46-26)38(4,5)6/h13-16H,1-12H3,(H2,49,50,51,52,53,54,55,56). The molecule has 0 radical (unpaired) electrons. The number of fused-ring (bicyclic) bond motifs is 20. The van der Waals surface area contributed by atoms with E-state index in [1.807, 2.05) is 0 Å². The second-order valence-corrected chi connectivity index (χ2v) is 18.4. The van der Waals surface area contributed by atoms with E-state index < -0.39 is 0 Å². The number of rotatable bonds is 0. The van der Waals surface area contributed by atoms with E-state index in [1.54, 1.807) is 24.8 Å². The Bertz CT molecular complexity index is 2770. The van der Waals surface area contributed by atoms with Crippen molar-refractivity contribution in [2.24, 2.45) is 0 Å². The van der Waals surface area contributed by atoms with Crippen LogP contribution in [-0.4, -0.2) is 79.7 Å². The van der Waals surface area contributed by atoms with E-state index in [4.69, 9.17) is 69.8 Å². The van der Waals surface area contributed by atoms with Gasteiger partial charge >= 0.3 is 0 Å². The fraction of sp³-hybridized carbons (Fsp3) is 0.400. The molecule has 16 nitrogen and oxygen atoms in total. The number of aromatic amines is 2. The van der Waals surface area contributed by atoms with Gasteiger partial charge in [-0.1, -0.05) is 83.1 Å². The van der Waals surface area contributed by atoms with Crippen LogP contribution in [0.1, 0.15) is 106 Å². The van der Waals surface area contributed by atoms with Crippen molar-refractivity contribution in [1.82, 2.24) is 79.7 Å². The van der Waals surface area contributed by atoms with Crippen LogP contribution in [-0.2, 0) is 21.7 Å². The minimum absolute atomic E-state index is 0.290. The average molecular weight is 747 g/mol. The summed E-state index contributed by atoms with van der Waals surface area (Å²) >= 11 is 0. The second-order valence-electron chi connectivity index (χ2n) is 18.4. The summed E-state index contributed by atoms with van der Waals surface area (Å²) in [6.45, 7) is 25.0. The molecule has 0 saturated heterocycles. The van der Waals surface area contributed by atoms with E-state index in [1.165, 1.54) is 0 Å². The molecule has 0 aromatic carbocycles. The molecule has 8 bridgehead atoms. The van der Waals surface area contributed by atoms with Gasteiger partial charge in [0.1, 0.15) is 44.8 Å². The Labute approximate surface area is 322 Å². The van der Waals surface area contributed by atoms with Crippen molar-refractivity contribution in [3.8, 4) is 46.1 Å². The van der Waals surface area contributed by atoms with Crippen LogP contribution in [0.4, 0.5) is 0 Å². The molecule has 0 spiro atoms. The van der Waals surface area contributed by atoms with Crippen LogP contribution >= 0.6 is 0 Å². The molecule has 2 aliphatic rings. The Morgan fingerprint density at radius 1 is 0.304 bits per heavy atom. The number of H-pyrrole nitrogens is 2. The summed E-state index contributed by atoms with van der Waals surface area (Å²) in [4.78, 5) is 76.6. The number of hydrogen-bond donors (Lipinski definition) is 2. The number of aromatic nitrogens is 16. The second kappa shape index (κ2) is 11.6. The van der Waals surface area contributed by atoms with Gasteiger partial charge in [-0.3, -0.25) is 0 Å². The van der Waals surface area contributed by atoms with Crippen LogP contribution in [0.15, 0.2) is 24.8 Å². The highest BCUT2D eigenvalue weighted by Gasteiger charge is 2.30. The van der Waals surface area contributed by atoms with Gasteiger partial charge in [0.15, 0.2) is 45.9 Å². The number of hydrogen-bond acceptors (Lipinski definition) is 14. The molecule has 0 amide bonds. The number of nitrogens with one attached hydrogen (secondary N) is 2. The van der Waals surface area contributed by atoms with E-state index in [2.05, 4.69) is 93.1 Å². The Hall–Kier alpha value is -6.32. The highest BCUT2D eigenvalue weighted by Crippen LogP contribution is 2.36. The van der Waals surface area contributed by atoms with E-state index in [9.17, 15) is 0 Å². The van der Waals surface area contributed by atoms with Crippen LogP contribution in [0, 0.1) is 0 Å². The normalized spacial score (nSPS) is 13.4. The van der Waals surface area contributed by atoms with Gasteiger partial charge in [0.2, 0.25) is 0 Å². The van der Waals surface area contributed by atoms with Crippen molar-refractivity contribution >= 4 is 44.7 Å². The summed E-state index contributed by atoms with van der Waals surface area (Å²) in [6.07, 6.45) is 7.06. The molecule has 0 saturated carbocycles. The van der Waals surface area contributed by atoms with Gasteiger partial charge in [-0.15, -0.1) is 0 Å². The van der Waals surface area contributed by atoms with Gasteiger partial charge < -0.3 is 9.97 Å². The molecule has 0 unspecified atom stereocenters. The van der Waals surface area contributed by atoms with Gasteiger partial charge in [-0.25, -0.2) is 69.8 Å². The molecule has 7 aromatic rings. The monoisotopic (exact) mass is 746 g/mol. The first-order valence-electron chi connectivity index (χ1n) is 18.6. The minimum Gasteiger partial charge on any atom is -0.321 e. The third-order valence-electron chi connectivity index (χ3n) is 9.68. The largest absolute Gasteiger partial charge is 0.321 e. The predicted octanol–water partition coefficient (Wildman–Crippen LogP) is 7.22. The lowest BCUT2D eigenvalue weighted by Crippen LogP contribution is -2.14. The summed E-state index contributed by atoms with van der Waals surface area (Å²) in [7, 11) is 0. The molecule has 0 fully saturated rings. The lowest BCUT2D eigenvalue weighted by molar-refractivity contribution is 0.566. The number of nitrogens with zero attached hydrogens (tertiary/aromatic N) is 14. The van der Waals surface area contributed by atoms with Gasteiger partial charge in [-0.05, 0) is 0 Å². The van der Waals surface area contributed by atoms with Gasteiger partial charge in [0.25, 0.3) is 0 Å². The third-order valence-corrected chi connectivity index (χ3v) is 9.68. The zero-order chi connectivity index (χ0) is 39.7. The first kappa shape index (κ1) is 35.4. The molecular weight excluding hydrogens is 705 g/mol. The molecule has 0 aliphatic carbocycles. The van der Waals surface area contributed by atoms with Crippen molar-refractivity contribution in [2.45, 2.75) is 105 Å². The summed E-state index contributed by atoms with van der Waals surface area (Å²) < 4.78 is 0. The van der Waals surface area contributed by atoms with Crippen molar-refractivity contribution < 1.29 is 0 Å². The molecule has 2 aliphatic heterocycles. The van der Waals surface area contributed by atoms with Crippen molar-refractivity contribution in [1.29, 1.82) is 0 Å². The Morgan fingerprint density at radius 2 is 0.589 bits per heavy atom. The first-order chi connectivity index (χ1) is 26.2. The summed E-state index contributed by atoms with van der Waals surface area (Å²) in [5.41, 5.74) is 7.49. The molecule has 0 atom stereocenters. The van der Waals surface area contributed by atoms with Crippen LogP contribution in [0.3, 0.4) is 0 Å². The van der Waals surface area contributed by atoms with Gasteiger partial charge in [0.05, 0.1) is 22.8 Å². The smallest absolute Gasteiger partial charge is 0.184 e. The van der Waals surface area contributed by atoms with Crippen LogP contribution < -0.4 is 0 Å². The molecular formula is C40H42N16. The Morgan fingerprint density at radius 3 is 0.929 bits per heavy atom. The molecule has 56 heavy (non-hydrogen) atoms. The quantitative estimate of drug-likeness (QED) is 0.157. The Kier molecular flexibility index (Phi) is 7.33. The van der Waals surface area contributed by atoms with Crippen molar-refractivity contribution in [3.63, 3.8) is 0 Å². The Balaban J connectivity index is 1.47. The third kappa shape index (κ3) is 5.81. The van der Waals surface area contributed by atoms with Crippen LogP contribution in [0.2, 0.25) is 0 Å². The predicted molar refractivity (Wildman–Crippen MR) is 213 cm³/mol. The van der Waals surface area contributed by atoms with E-state index in [0.29, 0.717) is 90.7 Å². The lowest BCUT2D eigenvalue weighted by atomic mass is 9.92. The van der Waals surface area contributed by atoms with Crippen LogP contribution in [0.25, 0.3) is 90.7 Å². The summed E-state index contributed by atoms with van der Waals surface area (Å²) in [6, 6.07) is 0. The maximum Gasteiger partial charge on any atom is 0.184 e. The molecule has 282 valence electrons. The lowest BCUT2D eigenvalue weighted by Gasteiger charge is -2.17.